The Morgan fingerprint density at radius 2 is 1.75 bits per heavy atom. The van der Waals surface area contributed by atoms with Crippen LogP contribution in [0.25, 0.3) is 10.9 Å². The third-order valence-electron chi connectivity index (χ3n) is 5.71. The molecule has 0 unspecified atom stereocenters. The van der Waals surface area contributed by atoms with E-state index in [9.17, 15) is 14.4 Å². The summed E-state index contributed by atoms with van der Waals surface area (Å²) in [6.07, 6.45) is 3.10. The number of amides is 2. The van der Waals surface area contributed by atoms with Crippen LogP contribution in [-0.4, -0.2) is 51.8 Å². The molecular weight excluding hydrogens is 460 g/mol. The van der Waals surface area contributed by atoms with Gasteiger partial charge in [-0.05, 0) is 51.5 Å². The molecule has 0 spiro atoms. The van der Waals surface area contributed by atoms with Crippen LogP contribution in [0.2, 0.25) is 0 Å². The molecule has 2 aromatic heterocycles. The van der Waals surface area contributed by atoms with Crippen LogP contribution in [0.15, 0.2) is 54.9 Å². The van der Waals surface area contributed by atoms with Crippen molar-refractivity contribution in [3.05, 3.63) is 66.1 Å². The van der Waals surface area contributed by atoms with Gasteiger partial charge in [-0.1, -0.05) is 24.3 Å². The van der Waals surface area contributed by atoms with Gasteiger partial charge in [0.25, 0.3) is 0 Å². The van der Waals surface area contributed by atoms with Gasteiger partial charge in [0, 0.05) is 48.9 Å². The van der Waals surface area contributed by atoms with E-state index >= 15 is 0 Å². The standard InChI is InChI=1S/C27H34N4O5/c1-26(2,3)36-25(34)29-21(15-19-11-9-10-14-28-19)23(32)30-27(4,24(33)35-6)16-18-17-31(5)22-13-8-7-12-20(18)22/h7-14,17,21H,15-16H2,1-6H3,(H,29,34)(H,30,32)/t21-,27-/m1/s1. The van der Waals surface area contributed by atoms with E-state index in [-0.39, 0.29) is 12.8 Å². The lowest BCUT2D eigenvalue weighted by molar-refractivity contribution is -0.150. The zero-order valence-electron chi connectivity index (χ0n) is 21.6. The average molecular weight is 495 g/mol. The zero-order valence-corrected chi connectivity index (χ0v) is 21.6. The first-order valence-corrected chi connectivity index (χ1v) is 11.7. The molecule has 0 aliphatic rings. The lowest BCUT2D eigenvalue weighted by atomic mass is 9.91. The Kier molecular flexibility index (Phi) is 8.02. The molecule has 9 nitrogen and oxygen atoms in total. The summed E-state index contributed by atoms with van der Waals surface area (Å²) >= 11 is 0. The van der Waals surface area contributed by atoms with Gasteiger partial charge in [-0.25, -0.2) is 9.59 Å². The number of nitrogens with zero attached hydrogens (tertiary/aromatic N) is 2. The van der Waals surface area contributed by atoms with Crippen molar-refractivity contribution >= 4 is 28.9 Å². The molecule has 1 aromatic carbocycles. The third-order valence-corrected chi connectivity index (χ3v) is 5.71. The van der Waals surface area contributed by atoms with Crippen LogP contribution in [0.3, 0.4) is 0 Å². The number of pyridine rings is 1. The molecule has 0 saturated heterocycles. The fraction of sp³-hybridized carbons (Fsp3) is 0.407. The summed E-state index contributed by atoms with van der Waals surface area (Å²) in [6.45, 7) is 6.82. The number of carbonyl (C=O) groups excluding carboxylic acids is 3. The number of aryl methyl sites for hydroxylation is 1. The van der Waals surface area contributed by atoms with Crippen LogP contribution < -0.4 is 10.6 Å². The highest BCUT2D eigenvalue weighted by molar-refractivity contribution is 5.93. The van der Waals surface area contributed by atoms with Crippen LogP contribution in [0.5, 0.6) is 0 Å². The fourth-order valence-corrected chi connectivity index (χ4v) is 4.09. The number of aromatic nitrogens is 2. The average Bonchev–Trinajstić information content (AvgIpc) is 3.12. The van der Waals surface area contributed by atoms with Gasteiger partial charge < -0.3 is 24.7 Å². The molecular formula is C27H34N4O5. The minimum absolute atomic E-state index is 0.109. The summed E-state index contributed by atoms with van der Waals surface area (Å²) in [7, 11) is 3.20. The molecule has 9 heteroatoms. The maximum atomic E-state index is 13.5. The zero-order chi connectivity index (χ0) is 26.5. The number of fused-ring (bicyclic) bond motifs is 1. The van der Waals surface area contributed by atoms with E-state index < -0.39 is 35.2 Å². The Balaban J connectivity index is 1.89. The first-order valence-electron chi connectivity index (χ1n) is 11.7. The van der Waals surface area contributed by atoms with Crippen molar-refractivity contribution in [2.75, 3.05) is 7.11 Å². The van der Waals surface area contributed by atoms with E-state index in [1.807, 2.05) is 42.1 Å². The molecule has 3 aromatic rings. The molecule has 2 N–H and O–H groups in total. The van der Waals surface area contributed by atoms with Crippen LogP contribution in [0, 0.1) is 0 Å². The highest BCUT2D eigenvalue weighted by Crippen LogP contribution is 2.25. The molecule has 0 bridgehead atoms. The number of para-hydroxylation sites is 1. The van der Waals surface area contributed by atoms with Crippen molar-refractivity contribution in [1.82, 2.24) is 20.2 Å². The van der Waals surface area contributed by atoms with Crippen LogP contribution in [0.1, 0.15) is 39.0 Å². The molecule has 0 radical (unpaired) electrons. The first-order chi connectivity index (χ1) is 16.9. The summed E-state index contributed by atoms with van der Waals surface area (Å²) in [5.74, 6) is -1.16. The van der Waals surface area contributed by atoms with Gasteiger partial charge in [0.05, 0.1) is 7.11 Å². The summed E-state index contributed by atoms with van der Waals surface area (Å²) < 4.78 is 12.4. The number of hydrogen-bond acceptors (Lipinski definition) is 6. The molecule has 36 heavy (non-hydrogen) atoms. The Morgan fingerprint density at radius 3 is 2.39 bits per heavy atom. The van der Waals surface area contributed by atoms with E-state index in [2.05, 4.69) is 15.6 Å². The number of alkyl carbamates (subject to hydrolysis) is 1. The monoisotopic (exact) mass is 494 g/mol. The summed E-state index contributed by atoms with van der Waals surface area (Å²) in [4.78, 5) is 43.3. The number of esters is 1. The summed E-state index contributed by atoms with van der Waals surface area (Å²) in [5.41, 5.74) is 0.342. The number of ether oxygens (including phenoxy) is 2. The highest BCUT2D eigenvalue weighted by Gasteiger charge is 2.39. The molecule has 0 saturated carbocycles. The summed E-state index contributed by atoms with van der Waals surface area (Å²) in [6, 6.07) is 12.1. The van der Waals surface area contributed by atoms with Gasteiger partial charge in [0.15, 0.2) is 0 Å². The first kappa shape index (κ1) is 26.7. The van der Waals surface area contributed by atoms with Gasteiger partial charge in [-0.2, -0.15) is 0 Å². The van der Waals surface area contributed by atoms with Gasteiger partial charge in [-0.15, -0.1) is 0 Å². The van der Waals surface area contributed by atoms with E-state index in [4.69, 9.17) is 9.47 Å². The molecule has 0 aliphatic carbocycles. The SMILES string of the molecule is COC(=O)[C@@](C)(Cc1cn(C)c2ccccc12)NC(=O)[C@@H](Cc1ccccn1)NC(=O)OC(C)(C)C. The number of methoxy groups -OCH3 is 1. The molecule has 0 fully saturated rings. The van der Waals surface area contributed by atoms with Crippen molar-refractivity contribution in [1.29, 1.82) is 0 Å². The van der Waals surface area contributed by atoms with Crippen molar-refractivity contribution in [3.63, 3.8) is 0 Å². The number of nitrogens with one attached hydrogen (secondary N) is 2. The Morgan fingerprint density at radius 1 is 1.06 bits per heavy atom. The maximum Gasteiger partial charge on any atom is 0.408 e. The second-order valence-electron chi connectivity index (χ2n) is 10.00. The molecule has 0 aliphatic heterocycles. The third kappa shape index (κ3) is 6.62. The van der Waals surface area contributed by atoms with Gasteiger partial charge in [-0.3, -0.25) is 9.78 Å². The number of rotatable bonds is 8. The van der Waals surface area contributed by atoms with E-state index in [0.29, 0.717) is 5.69 Å². The predicted octanol–water partition coefficient (Wildman–Crippen LogP) is 3.30. The smallest absolute Gasteiger partial charge is 0.408 e. The molecule has 2 atom stereocenters. The Hall–Kier alpha value is -3.88. The van der Waals surface area contributed by atoms with Crippen LogP contribution in [-0.2, 0) is 39.0 Å². The lowest BCUT2D eigenvalue weighted by Crippen LogP contribution is -2.60. The number of carbonyl (C=O) groups is 3. The molecule has 3 rings (SSSR count). The minimum Gasteiger partial charge on any atom is -0.467 e. The van der Waals surface area contributed by atoms with E-state index in [0.717, 1.165) is 16.5 Å². The van der Waals surface area contributed by atoms with Gasteiger partial charge >= 0.3 is 12.1 Å². The second kappa shape index (κ2) is 10.8. The fourth-order valence-electron chi connectivity index (χ4n) is 4.09. The van der Waals surface area contributed by atoms with Gasteiger partial charge in [0.2, 0.25) is 5.91 Å². The Labute approximate surface area is 211 Å². The summed E-state index contributed by atoms with van der Waals surface area (Å²) in [5, 5.41) is 6.44. The van der Waals surface area contributed by atoms with Crippen LogP contribution >= 0.6 is 0 Å². The van der Waals surface area contributed by atoms with Crippen molar-refractivity contribution in [3.8, 4) is 0 Å². The van der Waals surface area contributed by atoms with Crippen LogP contribution in [0.4, 0.5) is 4.79 Å². The Bertz CT molecular complexity index is 1230. The quantitative estimate of drug-likeness (QED) is 0.465. The second-order valence-corrected chi connectivity index (χ2v) is 10.00. The highest BCUT2D eigenvalue weighted by atomic mass is 16.6. The topological polar surface area (TPSA) is 112 Å². The minimum atomic E-state index is -1.39. The van der Waals surface area contributed by atoms with Gasteiger partial charge in [0.1, 0.15) is 17.2 Å². The van der Waals surface area contributed by atoms with Crippen molar-refractivity contribution in [2.24, 2.45) is 7.05 Å². The largest absolute Gasteiger partial charge is 0.467 e. The lowest BCUT2D eigenvalue weighted by Gasteiger charge is -2.30. The molecule has 2 amide bonds. The van der Waals surface area contributed by atoms with Crippen molar-refractivity contribution < 1.29 is 23.9 Å². The van der Waals surface area contributed by atoms with E-state index in [1.54, 1.807) is 52.1 Å². The molecule has 192 valence electrons. The maximum absolute atomic E-state index is 13.5. The molecule has 2 heterocycles. The predicted molar refractivity (Wildman–Crippen MR) is 136 cm³/mol. The number of benzene rings is 1. The van der Waals surface area contributed by atoms with Crippen molar-refractivity contribution in [2.45, 2.75) is 57.7 Å². The normalized spacial score (nSPS) is 13.9. The van der Waals surface area contributed by atoms with E-state index in [1.165, 1.54) is 7.11 Å². The number of hydrogen-bond donors (Lipinski definition) is 2.